The molecule has 0 unspecified atom stereocenters. The summed E-state index contributed by atoms with van der Waals surface area (Å²) in [7, 11) is 0. The zero-order chi connectivity index (χ0) is 22.9. The van der Waals surface area contributed by atoms with Crippen LogP contribution in [0.1, 0.15) is 37.8 Å². The fraction of sp³-hybridized carbons (Fsp3) is 0.421. The maximum Gasteiger partial charge on any atom is 0.249 e. The summed E-state index contributed by atoms with van der Waals surface area (Å²) in [5, 5.41) is 28.6. The molecule has 1 aliphatic rings. The van der Waals surface area contributed by atoms with E-state index in [9.17, 15) is 14.4 Å². The number of amidine groups is 1. The smallest absolute Gasteiger partial charge is 0.249 e. The van der Waals surface area contributed by atoms with Crippen LogP contribution in [-0.4, -0.2) is 46.3 Å². The van der Waals surface area contributed by atoms with Crippen LogP contribution in [0.3, 0.4) is 0 Å². The lowest BCUT2D eigenvalue weighted by atomic mass is 10.0. The molecule has 11 nitrogen and oxygen atoms in total. The molecule has 0 radical (unpaired) electrons. The third-order valence-electron chi connectivity index (χ3n) is 4.90. The van der Waals surface area contributed by atoms with Crippen molar-refractivity contribution in [3.8, 4) is 0 Å². The summed E-state index contributed by atoms with van der Waals surface area (Å²) in [6.07, 6.45) is 4.90. The molecule has 3 rings (SSSR count). The molecule has 2 aromatic rings. The Morgan fingerprint density at radius 1 is 1.31 bits per heavy atom. The van der Waals surface area contributed by atoms with Crippen LogP contribution < -0.4 is 21.7 Å². The van der Waals surface area contributed by atoms with Crippen LogP contribution in [0.4, 0.5) is 15.9 Å². The maximum absolute atomic E-state index is 13.4. The van der Waals surface area contributed by atoms with Gasteiger partial charge in [-0.05, 0) is 63.2 Å². The van der Waals surface area contributed by atoms with Gasteiger partial charge >= 0.3 is 0 Å². The van der Waals surface area contributed by atoms with Gasteiger partial charge in [-0.1, -0.05) is 18.0 Å². The molecule has 0 aliphatic heterocycles. The lowest BCUT2D eigenvalue weighted by Gasteiger charge is -2.09. The van der Waals surface area contributed by atoms with Crippen molar-refractivity contribution < 1.29 is 19.0 Å². The number of nitrogens with two attached hydrogens (primary N) is 1. The van der Waals surface area contributed by atoms with Crippen molar-refractivity contribution in [2.75, 3.05) is 23.7 Å². The Hall–Kier alpha value is -3.22. The first-order valence-corrected chi connectivity index (χ1v) is 10.9. The first-order valence-electron chi connectivity index (χ1n) is 10.1. The van der Waals surface area contributed by atoms with E-state index in [1.54, 1.807) is 0 Å². The molecular formula is C19H24BrFN8O3. The average molecular weight is 511 g/mol. The fourth-order valence-electron chi connectivity index (χ4n) is 3.35. The number of carbonyl (C=O) groups is 1. The van der Waals surface area contributed by atoms with E-state index in [-0.39, 0.29) is 33.7 Å². The molecule has 1 saturated carbocycles. The number of aliphatic imine (C=N–C) groups is 1. The van der Waals surface area contributed by atoms with Gasteiger partial charge in [0.05, 0.1) is 4.47 Å². The van der Waals surface area contributed by atoms with Crippen molar-refractivity contribution in [2.24, 2.45) is 21.8 Å². The lowest BCUT2D eigenvalue weighted by Crippen LogP contribution is -2.36. The number of halogens is 2. The van der Waals surface area contributed by atoms with Gasteiger partial charge in [-0.2, -0.15) is 4.99 Å². The fourth-order valence-corrected chi connectivity index (χ4v) is 3.73. The van der Waals surface area contributed by atoms with E-state index in [1.165, 1.54) is 31.0 Å². The van der Waals surface area contributed by atoms with Crippen LogP contribution >= 0.6 is 15.9 Å². The van der Waals surface area contributed by atoms with Crippen LogP contribution in [0.5, 0.6) is 0 Å². The normalized spacial score (nSPS) is 15.1. The molecule has 1 aromatic carbocycles. The Labute approximate surface area is 191 Å². The van der Waals surface area contributed by atoms with Gasteiger partial charge in [0.1, 0.15) is 5.82 Å². The summed E-state index contributed by atoms with van der Waals surface area (Å²) in [5.41, 5.74) is 6.33. The van der Waals surface area contributed by atoms with Gasteiger partial charge < -0.3 is 26.9 Å². The van der Waals surface area contributed by atoms with E-state index in [0.29, 0.717) is 31.1 Å². The number of oxime groups is 1. The largest absolute Gasteiger partial charge is 0.409 e. The van der Waals surface area contributed by atoms with Gasteiger partial charge in [0, 0.05) is 25.2 Å². The SMILES string of the molecule is N/C(=N\C(=O)CC1CCCC1)NCCNc1nonc1/C(=N/O)Nc1ccc(F)c(Br)c1. The average Bonchev–Trinajstić information content (AvgIpc) is 3.44. The quantitative estimate of drug-likeness (QED) is 0.118. The van der Waals surface area contributed by atoms with Crippen LogP contribution in [0.2, 0.25) is 0 Å². The predicted molar refractivity (Wildman–Crippen MR) is 120 cm³/mol. The van der Waals surface area contributed by atoms with Gasteiger partial charge in [0.25, 0.3) is 0 Å². The molecular weight excluding hydrogens is 487 g/mol. The Balaban J connectivity index is 1.49. The molecule has 32 heavy (non-hydrogen) atoms. The topological polar surface area (TPSA) is 163 Å². The van der Waals surface area contributed by atoms with E-state index >= 15 is 0 Å². The number of nitrogens with zero attached hydrogens (tertiary/aromatic N) is 4. The molecule has 0 spiro atoms. The summed E-state index contributed by atoms with van der Waals surface area (Å²) < 4.78 is 18.4. The number of aromatic nitrogens is 2. The third-order valence-corrected chi connectivity index (χ3v) is 5.51. The van der Waals surface area contributed by atoms with Gasteiger partial charge in [0.15, 0.2) is 11.7 Å². The first-order chi connectivity index (χ1) is 15.5. The Kier molecular flexibility index (Phi) is 8.36. The summed E-state index contributed by atoms with van der Waals surface area (Å²) in [4.78, 5) is 15.8. The Morgan fingerprint density at radius 3 is 2.81 bits per heavy atom. The van der Waals surface area contributed by atoms with E-state index in [0.717, 1.165) is 12.8 Å². The molecule has 0 atom stereocenters. The minimum absolute atomic E-state index is 0.0504. The summed E-state index contributed by atoms with van der Waals surface area (Å²) in [6.45, 7) is 0.664. The van der Waals surface area contributed by atoms with Crippen molar-refractivity contribution in [2.45, 2.75) is 32.1 Å². The molecule has 13 heteroatoms. The maximum atomic E-state index is 13.4. The second kappa shape index (κ2) is 11.4. The van der Waals surface area contributed by atoms with Crippen molar-refractivity contribution in [3.63, 3.8) is 0 Å². The molecule has 1 fully saturated rings. The molecule has 0 bridgehead atoms. The second-order valence-corrected chi connectivity index (χ2v) is 8.12. The van der Waals surface area contributed by atoms with Gasteiger partial charge in [-0.3, -0.25) is 4.79 Å². The van der Waals surface area contributed by atoms with E-state index in [2.05, 4.69) is 52.3 Å². The minimum Gasteiger partial charge on any atom is -0.409 e. The van der Waals surface area contributed by atoms with Crippen molar-refractivity contribution in [1.29, 1.82) is 0 Å². The van der Waals surface area contributed by atoms with Gasteiger partial charge in [-0.25, -0.2) is 9.02 Å². The third kappa shape index (κ3) is 6.64. The Bertz CT molecular complexity index is 991. The number of anilines is 2. The number of amides is 1. The molecule has 1 amide bonds. The summed E-state index contributed by atoms with van der Waals surface area (Å²) >= 11 is 3.09. The number of hydrogen-bond donors (Lipinski definition) is 5. The summed E-state index contributed by atoms with van der Waals surface area (Å²) in [5.74, 6) is -0.0422. The molecule has 1 aromatic heterocycles. The number of hydrogen-bond acceptors (Lipinski definition) is 7. The second-order valence-electron chi connectivity index (χ2n) is 7.26. The van der Waals surface area contributed by atoms with Crippen molar-refractivity contribution in [1.82, 2.24) is 15.6 Å². The number of rotatable bonds is 8. The Morgan fingerprint density at radius 2 is 2.09 bits per heavy atom. The highest BCUT2D eigenvalue weighted by Gasteiger charge is 2.19. The van der Waals surface area contributed by atoms with Gasteiger partial charge in [0.2, 0.25) is 17.6 Å². The minimum atomic E-state index is -0.431. The molecule has 1 aliphatic carbocycles. The molecule has 0 saturated heterocycles. The van der Waals surface area contributed by atoms with E-state index in [4.69, 9.17) is 10.4 Å². The number of guanidine groups is 1. The zero-order valence-electron chi connectivity index (χ0n) is 17.1. The predicted octanol–water partition coefficient (Wildman–Crippen LogP) is 2.64. The van der Waals surface area contributed by atoms with E-state index < -0.39 is 5.82 Å². The lowest BCUT2D eigenvalue weighted by molar-refractivity contribution is -0.118. The standard InChI is InChI=1S/C19H24BrFN8O3/c20-13-10-12(5-6-14(13)21)25-18(27-31)16-17(29-32-28-16)23-7-8-24-19(22)26-15(30)9-11-3-1-2-4-11/h5-6,10-11,31H,1-4,7-9H2,(H,23,29)(H,25,27)(H3,22,24,26,30). The molecule has 172 valence electrons. The van der Waals surface area contributed by atoms with Crippen LogP contribution in [-0.2, 0) is 4.79 Å². The molecule has 1 heterocycles. The van der Waals surface area contributed by atoms with Crippen LogP contribution in [0.15, 0.2) is 37.4 Å². The van der Waals surface area contributed by atoms with Crippen LogP contribution in [0.25, 0.3) is 0 Å². The number of nitrogens with one attached hydrogen (secondary N) is 3. The van der Waals surface area contributed by atoms with E-state index in [1.807, 2.05) is 0 Å². The number of benzene rings is 1. The summed E-state index contributed by atoms with van der Waals surface area (Å²) in [6, 6.07) is 4.19. The highest BCUT2D eigenvalue weighted by Crippen LogP contribution is 2.27. The van der Waals surface area contributed by atoms with Gasteiger partial charge in [-0.15, -0.1) is 0 Å². The van der Waals surface area contributed by atoms with Crippen LogP contribution in [0, 0.1) is 11.7 Å². The molecule has 6 N–H and O–H groups in total. The highest BCUT2D eigenvalue weighted by atomic mass is 79.9. The number of carbonyl (C=O) groups excluding carboxylic acids is 1. The van der Waals surface area contributed by atoms with Crippen molar-refractivity contribution >= 4 is 45.1 Å². The monoisotopic (exact) mass is 510 g/mol. The first kappa shape index (κ1) is 23.4. The highest BCUT2D eigenvalue weighted by molar-refractivity contribution is 9.10. The van der Waals surface area contributed by atoms with Crippen molar-refractivity contribution in [3.05, 3.63) is 34.2 Å². The zero-order valence-corrected chi connectivity index (χ0v) is 18.7.